The smallest absolute Gasteiger partial charge is 0.311 e. The predicted octanol–water partition coefficient (Wildman–Crippen LogP) is 1.27. The first kappa shape index (κ1) is 10.4. The molecule has 0 aromatic heterocycles. The van der Waals surface area contributed by atoms with E-state index in [1.165, 1.54) is 6.07 Å². The lowest BCUT2D eigenvalue weighted by molar-refractivity contribution is -0.385. The lowest BCUT2D eigenvalue weighted by Crippen LogP contribution is -2.12. The molecule has 0 aliphatic rings. The normalized spacial score (nSPS) is 12.4. The molecule has 0 saturated carbocycles. The summed E-state index contributed by atoms with van der Waals surface area (Å²) in [6.07, 6.45) is 0. The van der Waals surface area contributed by atoms with Crippen LogP contribution in [0.25, 0.3) is 0 Å². The quantitative estimate of drug-likeness (QED) is 0.567. The molecule has 1 aromatic rings. The molecule has 0 saturated heterocycles. The molecule has 5 nitrogen and oxygen atoms in total. The molecule has 14 heavy (non-hydrogen) atoms. The first-order valence-electron chi connectivity index (χ1n) is 3.85. The second-order valence-corrected chi connectivity index (χ2v) is 2.77. The highest BCUT2D eigenvalue weighted by Gasteiger charge is 2.16. The van der Waals surface area contributed by atoms with E-state index in [1.54, 1.807) is 0 Å². The van der Waals surface area contributed by atoms with Crippen molar-refractivity contribution in [1.82, 2.24) is 0 Å². The van der Waals surface area contributed by atoms with Gasteiger partial charge in [0.1, 0.15) is 6.67 Å². The van der Waals surface area contributed by atoms with Crippen molar-refractivity contribution in [3.8, 4) is 5.75 Å². The van der Waals surface area contributed by atoms with Crippen LogP contribution in [0.2, 0.25) is 0 Å². The fourth-order valence-electron chi connectivity index (χ4n) is 1.01. The zero-order valence-corrected chi connectivity index (χ0v) is 7.18. The van der Waals surface area contributed by atoms with Gasteiger partial charge in [-0.15, -0.1) is 0 Å². The maximum Gasteiger partial charge on any atom is 0.311 e. The standard InChI is InChI=1S/C8H9FN2O3/c9-4-6(10)5-1-2-8(12)7(3-5)11(13)14/h1-3,6,12H,4,10H2/t6-/m0/s1. The lowest BCUT2D eigenvalue weighted by Gasteiger charge is -2.06. The van der Waals surface area contributed by atoms with Crippen LogP contribution >= 0.6 is 0 Å². The molecule has 0 heterocycles. The van der Waals surface area contributed by atoms with Gasteiger partial charge in [-0.2, -0.15) is 0 Å². The lowest BCUT2D eigenvalue weighted by atomic mass is 10.1. The van der Waals surface area contributed by atoms with E-state index in [9.17, 15) is 14.5 Å². The molecular weight excluding hydrogens is 191 g/mol. The van der Waals surface area contributed by atoms with E-state index in [0.717, 1.165) is 12.1 Å². The molecular formula is C8H9FN2O3. The van der Waals surface area contributed by atoms with Gasteiger partial charge in [-0.3, -0.25) is 10.1 Å². The van der Waals surface area contributed by atoms with Crippen molar-refractivity contribution in [3.63, 3.8) is 0 Å². The van der Waals surface area contributed by atoms with E-state index in [0.29, 0.717) is 0 Å². The molecule has 76 valence electrons. The van der Waals surface area contributed by atoms with Gasteiger partial charge in [-0.25, -0.2) is 4.39 Å². The molecule has 0 fully saturated rings. The fraction of sp³-hybridized carbons (Fsp3) is 0.250. The van der Waals surface area contributed by atoms with Gasteiger partial charge < -0.3 is 10.8 Å². The summed E-state index contributed by atoms with van der Waals surface area (Å²) in [6, 6.07) is 2.66. The number of nitrogens with two attached hydrogens (primary N) is 1. The third kappa shape index (κ3) is 1.97. The average Bonchev–Trinajstić information content (AvgIpc) is 2.17. The molecule has 1 atom stereocenters. The van der Waals surface area contributed by atoms with Crippen LogP contribution < -0.4 is 5.73 Å². The molecule has 3 N–H and O–H groups in total. The van der Waals surface area contributed by atoms with Gasteiger partial charge in [-0.05, 0) is 11.6 Å². The van der Waals surface area contributed by atoms with Crippen molar-refractivity contribution >= 4 is 5.69 Å². The highest BCUT2D eigenvalue weighted by atomic mass is 19.1. The summed E-state index contributed by atoms with van der Waals surface area (Å²) >= 11 is 0. The summed E-state index contributed by atoms with van der Waals surface area (Å²) in [4.78, 5) is 9.65. The second kappa shape index (κ2) is 4.01. The Morgan fingerprint density at radius 2 is 2.29 bits per heavy atom. The zero-order valence-electron chi connectivity index (χ0n) is 7.18. The zero-order chi connectivity index (χ0) is 10.7. The molecule has 0 amide bonds. The number of alkyl halides is 1. The van der Waals surface area contributed by atoms with E-state index in [4.69, 9.17) is 10.8 Å². The van der Waals surface area contributed by atoms with E-state index in [1.807, 2.05) is 0 Å². The maximum atomic E-state index is 12.1. The number of halogens is 1. The first-order chi connectivity index (χ1) is 6.56. The monoisotopic (exact) mass is 200 g/mol. The second-order valence-electron chi connectivity index (χ2n) is 2.77. The Labute approximate surface area is 79.1 Å². The van der Waals surface area contributed by atoms with Crippen LogP contribution in [0.5, 0.6) is 5.75 Å². The molecule has 0 aliphatic heterocycles. The van der Waals surface area contributed by atoms with E-state index in [2.05, 4.69) is 0 Å². The largest absolute Gasteiger partial charge is 0.502 e. The number of aromatic hydroxyl groups is 1. The molecule has 1 aromatic carbocycles. The van der Waals surface area contributed by atoms with Gasteiger partial charge in [0.05, 0.1) is 11.0 Å². The number of hydrogen-bond acceptors (Lipinski definition) is 4. The Kier molecular flexibility index (Phi) is 2.98. The number of phenols is 1. The van der Waals surface area contributed by atoms with Crippen molar-refractivity contribution in [2.24, 2.45) is 5.73 Å². The van der Waals surface area contributed by atoms with Crippen LogP contribution in [-0.2, 0) is 0 Å². The van der Waals surface area contributed by atoms with Crippen LogP contribution in [0.15, 0.2) is 18.2 Å². The van der Waals surface area contributed by atoms with Crippen LogP contribution in [0, 0.1) is 10.1 Å². The van der Waals surface area contributed by atoms with Gasteiger partial charge >= 0.3 is 5.69 Å². The van der Waals surface area contributed by atoms with E-state index >= 15 is 0 Å². The molecule has 0 bridgehead atoms. The third-order valence-electron chi connectivity index (χ3n) is 1.79. The Bertz CT molecular complexity index is 356. The highest BCUT2D eigenvalue weighted by molar-refractivity contribution is 5.48. The van der Waals surface area contributed by atoms with Crippen molar-refractivity contribution in [2.45, 2.75) is 6.04 Å². The summed E-state index contributed by atoms with van der Waals surface area (Å²) in [5, 5.41) is 19.5. The molecule has 6 heteroatoms. The van der Waals surface area contributed by atoms with E-state index < -0.39 is 29.1 Å². The molecule has 0 unspecified atom stereocenters. The summed E-state index contributed by atoms with van der Waals surface area (Å²) in [5.74, 6) is -0.454. The van der Waals surface area contributed by atoms with Gasteiger partial charge in [0, 0.05) is 6.07 Å². The number of benzene rings is 1. The Morgan fingerprint density at radius 1 is 1.64 bits per heavy atom. The molecule has 0 spiro atoms. The number of hydrogen-bond donors (Lipinski definition) is 2. The topological polar surface area (TPSA) is 89.4 Å². The summed E-state index contributed by atoms with van der Waals surface area (Å²) in [5.41, 5.74) is 5.16. The highest BCUT2D eigenvalue weighted by Crippen LogP contribution is 2.28. The minimum atomic E-state index is -0.894. The van der Waals surface area contributed by atoms with Crippen LogP contribution in [-0.4, -0.2) is 16.7 Å². The minimum Gasteiger partial charge on any atom is -0.502 e. The first-order valence-corrected chi connectivity index (χ1v) is 3.85. The molecule has 1 rings (SSSR count). The van der Waals surface area contributed by atoms with Gasteiger partial charge in [0.2, 0.25) is 0 Å². The summed E-state index contributed by atoms with van der Waals surface area (Å²) in [7, 11) is 0. The SMILES string of the molecule is N[C@@H](CF)c1ccc(O)c([N+](=O)[O-])c1. The Morgan fingerprint density at radius 3 is 2.79 bits per heavy atom. The molecule has 0 radical (unpaired) electrons. The van der Waals surface area contributed by atoms with Crippen LogP contribution in [0.1, 0.15) is 11.6 Å². The minimum absolute atomic E-state index is 0.289. The molecule has 0 aliphatic carbocycles. The van der Waals surface area contributed by atoms with Gasteiger partial charge in [0.25, 0.3) is 0 Å². The number of nitro groups is 1. The number of nitro benzene ring substituents is 1. The number of phenolic OH excluding ortho intramolecular Hbond substituents is 1. The van der Waals surface area contributed by atoms with Gasteiger partial charge in [0.15, 0.2) is 5.75 Å². The predicted molar refractivity (Wildman–Crippen MR) is 47.7 cm³/mol. The number of nitrogens with zero attached hydrogens (tertiary/aromatic N) is 1. The maximum absolute atomic E-state index is 12.1. The van der Waals surface area contributed by atoms with Gasteiger partial charge in [-0.1, -0.05) is 6.07 Å². The average molecular weight is 200 g/mol. The Hall–Kier alpha value is -1.69. The Balaban J connectivity index is 3.12. The van der Waals surface area contributed by atoms with Crippen LogP contribution in [0.3, 0.4) is 0 Å². The summed E-state index contributed by atoms with van der Waals surface area (Å²) in [6.45, 7) is -0.804. The van der Waals surface area contributed by atoms with E-state index in [-0.39, 0.29) is 5.56 Å². The van der Waals surface area contributed by atoms with Crippen molar-refractivity contribution in [2.75, 3.05) is 6.67 Å². The van der Waals surface area contributed by atoms with Crippen molar-refractivity contribution in [1.29, 1.82) is 0 Å². The fourth-order valence-corrected chi connectivity index (χ4v) is 1.01. The van der Waals surface area contributed by atoms with Crippen LogP contribution in [0.4, 0.5) is 10.1 Å². The van der Waals surface area contributed by atoms with Crippen molar-refractivity contribution < 1.29 is 14.4 Å². The van der Waals surface area contributed by atoms with Crippen molar-refractivity contribution in [3.05, 3.63) is 33.9 Å². The number of rotatable bonds is 3. The third-order valence-corrected chi connectivity index (χ3v) is 1.79. The summed E-state index contributed by atoms with van der Waals surface area (Å²) < 4.78 is 12.1.